The van der Waals surface area contributed by atoms with E-state index in [4.69, 9.17) is 4.74 Å². The lowest BCUT2D eigenvalue weighted by Gasteiger charge is -2.48. The van der Waals surface area contributed by atoms with Crippen molar-refractivity contribution in [2.24, 2.45) is 5.92 Å². The van der Waals surface area contributed by atoms with Crippen molar-refractivity contribution in [3.63, 3.8) is 0 Å². The van der Waals surface area contributed by atoms with Crippen molar-refractivity contribution in [3.05, 3.63) is 21.4 Å². The molecule has 1 aromatic rings. The predicted molar refractivity (Wildman–Crippen MR) is 91.7 cm³/mol. The van der Waals surface area contributed by atoms with Crippen LogP contribution < -0.4 is 5.32 Å². The van der Waals surface area contributed by atoms with Crippen LogP contribution in [0.15, 0.2) is 6.07 Å². The smallest absolute Gasteiger partial charge is 0.0969 e. The van der Waals surface area contributed by atoms with E-state index in [1.54, 1.807) is 4.88 Å². The predicted octanol–water partition coefficient (Wildman–Crippen LogP) is 2.78. The number of fused-ring (bicyclic) bond motifs is 2. The maximum atomic E-state index is 6.42. The Morgan fingerprint density at radius 2 is 2.32 bits per heavy atom. The van der Waals surface area contributed by atoms with Crippen LogP contribution in [0.2, 0.25) is 0 Å². The van der Waals surface area contributed by atoms with Crippen LogP contribution in [0.4, 0.5) is 0 Å². The molecule has 0 saturated carbocycles. The second-order valence-corrected chi connectivity index (χ2v) is 8.54. The molecule has 4 heteroatoms. The fourth-order valence-electron chi connectivity index (χ4n) is 4.36. The number of thiophene rings is 1. The molecule has 2 atom stereocenters. The molecule has 0 aromatic carbocycles. The first kappa shape index (κ1) is 15.1. The number of piperidine rings is 1. The third-order valence-corrected chi connectivity index (χ3v) is 7.16. The molecule has 3 nitrogen and oxygen atoms in total. The summed E-state index contributed by atoms with van der Waals surface area (Å²) in [4.78, 5) is 5.83. The molecule has 0 aliphatic carbocycles. The second kappa shape index (κ2) is 5.90. The molecular formula is C18H28N2OS. The summed E-state index contributed by atoms with van der Waals surface area (Å²) in [5.41, 5.74) is 1.56. The molecule has 0 bridgehead atoms. The zero-order chi connectivity index (χ0) is 15.2. The first-order chi connectivity index (χ1) is 10.7. The minimum absolute atomic E-state index is 0.0191. The van der Waals surface area contributed by atoms with E-state index >= 15 is 0 Å². The molecule has 2 unspecified atom stereocenters. The van der Waals surface area contributed by atoms with E-state index < -0.39 is 0 Å². The van der Waals surface area contributed by atoms with Gasteiger partial charge in [-0.3, -0.25) is 0 Å². The fraction of sp³-hybridized carbons (Fsp3) is 0.778. The van der Waals surface area contributed by atoms with E-state index in [0.717, 1.165) is 25.4 Å². The van der Waals surface area contributed by atoms with Gasteiger partial charge in [0.2, 0.25) is 0 Å². The molecule has 0 amide bonds. The van der Waals surface area contributed by atoms with Crippen LogP contribution in [0.5, 0.6) is 0 Å². The van der Waals surface area contributed by atoms with Gasteiger partial charge < -0.3 is 15.0 Å². The summed E-state index contributed by atoms with van der Waals surface area (Å²) in [5.74, 6) is 0.868. The van der Waals surface area contributed by atoms with Crippen molar-refractivity contribution in [3.8, 4) is 0 Å². The third-order valence-electron chi connectivity index (χ3n) is 5.82. The number of nitrogens with one attached hydrogen (secondary N) is 1. The van der Waals surface area contributed by atoms with Gasteiger partial charge in [-0.05, 0) is 43.7 Å². The van der Waals surface area contributed by atoms with E-state index in [9.17, 15) is 0 Å². The van der Waals surface area contributed by atoms with E-state index in [-0.39, 0.29) is 5.60 Å². The van der Waals surface area contributed by atoms with Gasteiger partial charge in [0, 0.05) is 48.4 Å². The van der Waals surface area contributed by atoms with Gasteiger partial charge in [-0.15, -0.1) is 11.3 Å². The van der Waals surface area contributed by atoms with Crippen molar-refractivity contribution in [2.45, 2.75) is 51.2 Å². The lowest BCUT2D eigenvalue weighted by atomic mass is 9.79. The number of nitrogens with zero attached hydrogens (tertiary/aromatic N) is 1. The Hall–Kier alpha value is -0.420. The van der Waals surface area contributed by atoms with Gasteiger partial charge in [-0.1, -0.05) is 6.92 Å². The molecular weight excluding hydrogens is 292 g/mol. The number of aryl methyl sites for hydroxylation is 1. The molecule has 122 valence electrons. The SMILES string of the molecule is CCc1cc2c(s1)CCOC21CCN(CC2CNC2)C(C)C1. The van der Waals surface area contributed by atoms with Gasteiger partial charge in [0.25, 0.3) is 0 Å². The summed E-state index contributed by atoms with van der Waals surface area (Å²) in [6, 6.07) is 3.09. The van der Waals surface area contributed by atoms with Gasteiger partial charge in [-0.2, -0.15) is 0 Å². The summed E-state index contributed by atoms with van der Waals surface area (Å²) in [7, 11) is 0. The summed E-state index contributed by atoms with van der Waals surface area (Å²) in [6.07, 6.45) is 4.61. The molecule has 2 fully saturated rings. The highest BCUT2D eigenvalue weighted by molar-refractivity contribution is 7.12. The monoisotopic (exact) mass is 320 g/mol. The van der Waals surface area contributed by atoms with Crippen LogP contribution in [0, 0.1) is 5.92 Å². The Morgan fingerprint density at radius 3 is 3.00 bits per heavy atom. The highest BCUT2D eigenvalue weighted by Gasteiger charge is 2.44. The Bertz CT molecular complexity index is 539. The Kier molecular flexibility index (Phi) is 4.05. The molecule has 1 aromatic heterocycles. The van der Waals surface area contributed by atoms with Gasteiger partial charge >= 0.3 is 0 Å². The average molecular weight is 321 g/mol. The zero-order valence-electron chi connectivity index (χ0n) is 13.9. The zero-order valence-corrected chi connectivity index (χ0v) is 14.7. The van der Waals surface area contributed by atoms with Crippen LogP contribution in [0.25, 0.3) is 0 Å². The van der Waals surface area contributed by atoms with Crippen molar-refractivity contribution in [1.82, 2.24) is 10.2 Å². The molecule has 1 N–H and O–H groups in total. The molecule has 22 heavy (non-hydrogen) atoms. The molecule has 0 radical (unpaired) electrons. The maximum Gasteiger partial charge on any atom is 0.0969 e. The molecule has 4 rings (SSSR count). The normalized spacial score (nSPS) is 32.9. The molecule has 3 aliphatic rings. The average Bonchev–Trinajstić information content (AvgIpc) is 2.90. The van der Waals surface area contributed by atoms with Crippen molar-refractivity contribution < 1.29 is 4.74 Å². The number of hydrogen-bond acceptors (Lipinski definition) is 4. The summed E-state index contributed by atoms with van der Waals surface area (Å²) >= 11 is 2.03. The Balaban J connectivity index is 1.52. The second-order valence-electron chi connectivity index (χ2n) is 7.32. The summed E-state index contributed by atoms with van der Waals surface area (Å²) < 4.78 is 6.42. The van der Waals surface area contributed by atoms with Gasteiger partial charge in [-0.25, -0.2) is 0 Å². The Morgan fingerprint density at radius 1 is 1.45 bits per heavy atom. The van der Waals surface area contributed by atoms with Crippen LogP contribution >= 0.6 is 11.3 Å². The third kappa shape index (κ3) is 2.54. The van der Waals surface area contributed by atoms with Crippen molar-refractivity contribution in [2.75, 3.05) is 32.8 Å². The minimum Gasteiger partial charge on any atom is -0.370 e. The summed E-state index contributed by atoms with van der Waals surface area (Å²) in [6.45, 7) is 10.4. The lowest BCUT2D eigenvalue weighted by molar-refractivity contribution is -0.113. The quantitative estimate of drug-likeness (QED) is 0.927. The highest BCUT2D eigenvalue weighted by Crippen LogP contribution is 2.46. The first-order valence-corrected chi connectivity index (χ1v) is 9.72. The first-order valence-electron chi connectivity index (χ1n) is 8.91. The molecule has 1 spiro atoms. The van der Waals surface area contributed by atoms with E-state index in [0.29, 0.717) is 6.04 Å². The molecule has 2 saturated heterocycles. The van der Waals surface area contributed by atoms with Crippen LogP contribution in [-0.4, -0.2) is 43.7 Å². The van der Waals surface area contributed by atoms with Gasteiger partial charge in [0.1, 0.15) is 0 Å². The van der Waals surface area contributed by atoms with Gasteiger partial charge in [0.05, 0.1) is 12.2 Å². The highest BCUT2D eigenvalue weighted by atomic mass is 32.1. The maximum absolute atomic E-state index is 6.42. The largest absolute Gasteiger partial charge is 0.370 e. The Labute approximate surface area is 138 Å². The van der Waals surface area contributed by atoms with Crippen molar-refractivity contribution >= 4 is 11.3 Å². The van der Waals surface area contributed by atoms with E-state index in [2.05, 4.69) is 30.1 Å². The minimum atomic E-state index is 0.0191. The fourth-order valence-corrected chi connectivity index (χ4v) is 5.53. The van der Waals surface area contributed by atoms with Crippen LogP contribution in [0.1, 0.15) is 42.0 Å². The number of hydrogen-bond donors (Lipinski definition) is 1. The topological polar surface area (TPSA) is 24.5 Å². The van der Waals surface area contributed by atoms with Crippen LogP contribution in [0.3, 0.4) is 0 Å². The number of rotatable bonds is 3. The van der Waals surface area contributed by atoms with E-state index in [1.807, 2.05) is 11.3 Å². The standard InChI is InChI=1S/C18H28N2OS/c1-3-15-8-16-17(22-15)4-7-21-18(16)5-6-20(13(2)9-18)12-14-10-19-11-14/h8,13-14,19H,3-7,9-12H2,1-2H3. The molecule has 4 heterocycles. The number of likely N-dealkylation sites (tertiary alicyclic amines) is 1. The number of ether oxygens (including phenoxy) is 1. The summed E-state index contributed by atoms with van der Waals surface area (Å²) in [5, 5.41) is 3.39. The lowest BCUT2D eigenvalue weighted by Crippen LogP contribution is -2.55. The van der Waals surface area contributed by atoms with E-state index in [1.165, 1.54) is 49.5 Å². The van der Waals surface area contributed by atoms with Crippen LogP contribution in [-0.2, 0) is 23.2 Å². The van der Waals surface area contributed by atoms with Gasteiger partial charge in [0.15, 0.2) is 0 Å². The van der Waals surface area contributed by atoms with Crippen molar-refractivity contribution in [1.29, 1.82) is 0 Å². The molecule has 3 aliphatic heterocycles.